The summed E-state index contributed by atoms with van der Waals surface area (Å²) in [7, 11) is 1.21. The normalized spacial score (nSPS) is 29.3. The molecule has 1 aromatic rings. The van der Waals surface area contributed by atoms with E-state index < -0.39 is 22.8 Å². The third-order valence-corrected chi connectivity index (χ3v) is 4.85. The minimum Gasteiger partial charge on any atom is -0.477 e. The predicted molar refractivity (Wildman–Crippen MR) is 84.3 cm³/mol. The maximum Gasteiger partial charge on any atom is 0.341 e. The molecular formula is C16H20FN3O4. The largest absolute Gasteiger partial charge is 0.477 e. The van der Waals surface area contributed by atoms with Gasteiger partial charge >= 0.3 is 5.97 Å². The van der Waals surface area contributed by atoms with Gasteiger partial charge in [0.15, 0.2) is 5.43 Å². The topological polar surface area (TPSA) is 109 Å². The Morgan fingerprint density at radius 1 is 1.54 bits per heavy atom. The molecule has 3 rings (SSSR count). The van der Waals surface area contributed by atoms with E-state index >= 15 is 4.39 Å². The summed E-state index contributed by atoms with van der Waals surface area (Å²) in [6, 6.07) is -0.0677. The molecule has 4 N–H and O–H groups in total. The zero-order chi connectivity index (χ0) is 17.6. The van der Waals surface area contributed by atoms with Crippen molar-refractivity contribution >= 4 is 5.97 Å². The number of nitrogens with one attached hydrogen (secondary N) is 1. The fraction of sp³-hybridized carbons (Fsp3) is 0.500. The van der Waals surface area contributed by atoms with Crippen LogP contribution in [0.2, 0.25) is 0 Å². The minimum atomic E-state index is -2.34. The number of aromatic carboxylic acids is 1. The van der Waals surface area contributed by atoms with Crippen LogP contribution in [0.3, 0.4) is 0 Å². The van der Waals surface area contributed by atoms with Gasteiger partial charge in [-0.1, -0.05) is 13.0 Å². The number of carboxylic acid groups (broad SMARTS) is 1. The van der Waals surface area contributed by atoms with Gasteiger partial charge in [-0.2, -0.15) is 4.39 Å². The molecule has 0 spiro atoms. The van der Waals surface area contributed by atoms with Crippen molar-refractivity contribution in [2.24, 2.45) is 11.7 Å². The van der Waals surface area contributed by atoms with E-state index in [0.717, 1.165) is 6.20 Å². The monoisotopic (exact) mass is 337 g/mol. The summed E-state index contributed by atoms with van der Waals surface area (Å²) in [6.07, 6.45) is 2.73. The lowest BCUT2D eigenvalue weighted by atomic mass is 9.92. The number of hydrogen-bond acceptors (Lipinski definition) is 5. The van der Waals surface area contributed by atoms with Crippen molar-refractivity contribution in [1.29, 1.82) is 0 Å². The first kappa shape index (κ1) is 16.7. The van der Waals surface area contributed by atoms with Crippen molar-refractivity contribution < 1.29 is 19.0 Å². The number of pyridine rings is 1. The number of ether oxygens (including phenoxy) is 1. The van der Waals surface area contributed by atoms with Crippen molar-refractivity contribution in [3.05, 3.63) is 45.0 Å². The molecule has 0 bridgehead atoms. The number of allylic oxidation sites excluding steroid dienone is 1. The molecule has 1 saturated heterocycles. The average molecular weight is 337 g/mol. The van der Waals surface area contributed by atoms with Gasteiger partial charge in [0.25, 0.3) is 5.85 Å². The lowest BCUT2D eigenvalue weighted by Crippen LogP contribution is -2.42. The lowest BCUT2D eigenvalue weighted by Gasteiger charge is -2.36. The molecule has 0 saturated carbocycles. The number of carbonyl (C=O) groups is 1. The second kappa shape index (κ2) is 5.71. The van der Waals surface area contributed by atoms with Crippen molar-refractivity contribution in [3.8, 4) is 0 Å². The summed E-state index contributed by atoms with van der Waals surface area (Å²) < 4.78 is 20.8. The molecule has 24 heavy (non-hydrogen) atoms. The number of halogens is 1. The van der Waals surface area contributed by atoms with Gasteiger partial charge in [0.05, 0.1) is 11.4 Å². The fourth-order valence-electron chi connectivity index (χ4n) is 3.40. The quantitative estimate of drug-likeness (QED) is 0.744. The number of nitrogens with two attached hydrogens (primary N) is 1. The molecule has 1 fully saturated rings. The van der Waals surface area contributed by atoms with E-state index in [2.05, 4.69) is 4.98 Å². The van der Waals surface area contributed by atoms with Crippen LogP contribution in [0.25, 0.3) is 0 Å². The molecule has 2 aliphatic rings. The summed E-state index contributed by atoms with van der Waals surface area (Å²) in [5, 5.41) is 9.05. The molecule has 0 amide bonds. The summed E-state index contributed by atoms with van der Waals surface area (Å²) in [4.78, 5) is 27.8. The average Bonchev–Trinajstić information content (AvgIpc) is 2.87. The molecule has 1 aromatic heterocycles. The summed E-state index contributed by atoms with van der Waals surface area (Å²) in [5.74, 6) is -3.48. The van der Waals surface area contributed by atoms with Gasteiger partial charge in [-0.15, -0.1) is 0 Å². The number of alkyl halides is 1. The Labute approximate surface area is 137 Å². The number of rotatable bonds is 3. The van der Waals surface area contributed by atoms with Crippen molar-refractivity contribution in [1.82, 2.24) is 9.88 Å². The maximum atomic E-state index is 15.7. The number of hydrogen-bond donors (Lipinski definition) is 3. The number of nitrogens with zero attached hydrogens (tertiary/aromatic N) is 1. The summed E-state index contributed by atoms with van der Waals surface area (Å²) in [6.45, 7) is 3.08. The van der Waals surface area contributed by atoms with Gasteiger partial charge in [0.2, 0.25) is 0 Å². The van der Waals surface area contributed by atoms with Crippen molar-refractivity contribution in [3.63, 3.8) is 0 Å². The highest BCUT2D eigenvalue weighted by Crippen LogP contribution is 2.41. The first-order valence-corrected chi connectivity index (χ1v) is 7.73. The van der Waals surface area contributed by atoms with Crippen LogP contribution in [-0.2, 0) is 17.0 Å². The van der Waals surface area contributed by atoms with Crippen molar-refractivity contribution in [2.75, 3.05) is 20.2 Å². The minimum absolute atomic E-state index is 0.0503. The molecule has 1 aliphatic carbocycles. The Morgan fingerprint density at radius 3 is 2.79 bits per heavy atom. The Kier molecular flexibility index (Phi) is 3.97. The van der Waals surface area contributed by atoms with Crippen LogP contribution in [0, 0.1) is 5.92 Å². The highest BCUT2D eigenvalue weighted by atomic mass is 19.2. The van der Waals surface area contributed by atoms with Gasteiger partial charge in [0.1, 0.15) is 5.56 Å². The number of aromatic nitrogens is 1. The molecule has 0 radical (unpaired) electrons. The van der Waals surface area contributed by atoms with E-state index in [1.54, 1.807) is 6.08 Å². The van der Waals surface area contributed by atoms with Crippen LogP contribution >= 0.6 is 0 Å². The first-order valence-electron chi connectivity index (χ1n) is 7.73. The number of carboxylic acids is 1. The SMILES string of the molecule is COC1(F)C(N2C[C@@H](C)[C@@H](N)C2)=CCc2c1[nH]cc(C(=O)O)c2=O. The molecular weight excluding hydrogens is 317 g/mol. The number of fused-ring (bicyclic) bond motifs is 1. The molecule has 7 nitrogen and oxygen atoms in total. The van der Waals surface area contributed by atoms with Crippen LogP contribution in [0.1, 0.15) is 28.5 Å². The number of H-pyrrole nitrogens is 1. The molecule has 130 valence electrons. The van der Waals surface area contributed by atoms with E-state index in [0.29, 0.717) is 18.8 Å². The van der Waals surface area contributed by atoms with Gasteiger partial charge in [-0.05, 0) is 12.3 Å². The Balaban J connectivity index is 2.08. The van der Waals surface area contributed by atoms with Gasteiger partial charge < -0.3 is 25.5 Å². The van der Waals surface area contributed by atoms with Crippen LogP contribution in [0.5, 0.6) is 0 Å². The standard InChI is InChI=1S/C16H20FN3O4/c1-8-6-20(7-11(8)18)12-4-3-9-13(21)10(15(22)23)5-19-14(9)16(12,17)24-2/h4-5,8,11H,3,6-7,18H2,1-2H3,(H,19,21)(H,22,23)/t8-,11+,16?/m1/s1. The van der Waals surface area contributed by atoms with Crippen LogP contribution < -0.4 is 11.2 Å². The van der Waals surface area contributed by atoms with Crippen molar-refractivity contribution in [2.45, 2.75) is 25.2 Å². The Hall–Kier alpha value is -2.19. The van der Waals surface area contributed by atoms with E-state index in [1.807, 2.05) is 11.8 Å². The molecule has 0 aromatic carbocycles. The van der Waals surface area contributed by atoms with Gasteiger partial charge in [-0.3, -0.25) is 4.79 Å². The molecule has 3 atom stereocenters. The smallest absolute Gasteiger partial charge is 0.341 e. The van der Waals surface area contributed by atoms with E-state index in [9.17, 15) is 9.59 Å². The van der Waals surface area contributed by atoms with Gasteiger partial charge in [0, 0.05) is 38.0 Å². The highest BCUT2D eigenvalue weighted by molar-refractivity contribution is 5.87. The van der Waals surface area contributed by atoms with E-state index in [-0.39, 0.29) is 29.6 Å². The van der Waals surface area contributed by atoms with E-state index in [1.165, 1.54) is 7.11 Å². The maximum absolute atomic E-state index is 15.7. The molecule has 1 unspecified atom stereocenters. The second-order valence-electron chi connectivity index (χ2n) is 6.33. The fourth-order valence-corrected chi connectivity index (χ4v) is 3.40. The van der Waals surface area contributed by atoms with E-state index in [4.69, 9.17) is 15.6 Å². The Morgan fingerprint density at radius 2 is 2.25 bits per heavy atom. The predicted octanol–water partition coefficient (Wildman–Crippen LogP) is 0.561. The first-order chi connectivity index (χ1) is 11.3. The Bertz CT molecular complexity index is 765. The van der Waals surface area contributed by atoms with Gasteiger partial charge in [-0.25, -0.2) is 4.79 Å². The molecule has 1 aliphatic heterocycles. The van der Waals surface area contributed by atoms with Crippen LogP contribution in [0.4, 0.5) is 4.39 Å². The third-order valence-electron chi connectivity index (χ3n) is 4.85. The number of methoxy groups -OCH3 is 1. The zero-order valence-corrected chi connectivity index (χ0v) is 13.5. The second-order valence-corrected chi connectivity index (χ2v) is 6.33. The molecule has 8 heteroatoms. The molecule has 2 heterocycles. The number of likely N-dealkylation sites (tertiary alicyclic amines) is 1. The number of aromatic amines is 1. The summed E-state index contributed by atoms with van der Waals surface area (Å²) in [5.41, 5.74) is 5.23. The third kappa shape index (κ3) is 2.33. The lowest BCUT2D eigenvalue weighted by molar-refractivity contribution is -0.118. The highest BCUT2D eigenvalue weighted by Gasteiger charge is 2.47. The summed E-state index contributed by atoms with van der Waals surface area (Å²) >= 11 is 0. The van der Waals surface area contributed by atoms with Crippen LogP contribution in [-0.4, -0.2) is 47.2 Å². The zero-order valence-electron chi connectivity index (χ0n) is 13.5. The van der Waals surface area contributed by atoms with Crippen LogP contribution in [0.15, 0.2) is 22.8 Å².